The van der Waals surface area contributed by atoms with E-state index in [0.717, 1.165) is 31.9 Å². The Morgan fingerprint density at radius 1 is 1.36 bits per heavy atom. The molecule has 0 atom stereocenters. The van der Waals surface area contributed by atoms with E-state index in [4.69, 9.17) is 4.74 Å². The zero-order valence-corrected chi connectivity index (χ0v) is 16.2. The molecule has 1 aromatic carbocycles. The lowest BCUT2D eigenvalue weighted by molar-refractivity contribution is 0.184. The van der Waals surface area contributed by atoms with Gasteiger partial charge in [-0.2, -0.15) is 0 Å². The molecule has 1 aromatic rings. The Bertz CT molecular complexity index is 463. The first-order valence-electron chi connectivity index (χ1n) is 7.31. The maximum Gasteiger partial charge on any atom is 0.193 e. The SMILES string of the molecule is C=CCCCN(C)C(=NC)NCc1ccccc1COC.I. The van der Waals surface area contributed by atoms with E-state index in [2.05, 4.69) is 41.0 Å². The molecular weight excluding hydrogens is 389 g/mol. The van der Waals surface area contributed by atoms with Crippen LogP contribution in [0.3, 0.4) is 0 Å². The molecule has 0 aliphatic carbocycles. The number of aliphatic imine (C=N–C) groups is 1. The summed E-state index contributed by atoms with van der Waals surface area (Å²) in [5.74, 6) is 0.909. The molecule has 5 heteroatoms. The van der Waals surface area contributed by atoms with Gasteiger partial charge in [-0.05, 0) is 24.0 Å². The lowest BCUT2D eigenvalue weighted by Gasteiger charge is -2.22. The molecule has 0 heterocycles. The number of methoxy groups -OCH3 is 1. The van der Waals surface area contributed by atoms with Crippen LogP contribution in [0.15, 0.2) is 41.9 Å². The zero-order chi connectivity index (χ0) is 15.5. The first kappa shape index (κ1) is 20.9. The fraction of sp³-hybridized carbons (Fsp3) is 0.471. The molecule has 124 valence electrons. The number of nitrogens with one attached hydrogen (secondary N) is 1. The summed E-state index contributed by atoms with van der Waals surface area (Å²) in [4.78, 5) is 6.47. The van der Waals surface area contributed by atoms with Gasteiger partial charge in [0.05, 0.1) is 6.61 Å². The molecule has 0 saturated heterocycles. The highest BCUT2D eigenvalue weighted by atomic mass is 127. The summed E-state index contributed by atoms with van der Waals surface area (Å²) in [7, 11) is 5.59. The summed E-state index contributed by atoms with van der Waals surface area (Å²) in [5.41, 5.74) is 2.44. The molecule has 0 aliphatic heterocycles. The normalized spacial score (nSPS) is 10.8. The molecule has 0 spiro atoms. The molecule has 1 rings (SSSR count). The van der Waals surface area contributed by atoms with Crippen molar-refractivity contribution in [3.05, 3.63) is 48.0 Å². The highest BCUT2D eigenvalue weighted by molar-refractivity contribution is 14.0. The van der Waals surface area contributed by atoms with Crippen molar-refractivity contribution in [3.8, 4) is 0 Å². The molecule has 0 bridgehead atoms. The van der Waals surface area contributed by atoms with Crippen LogP contribution in [0.2, 0.25) is 0 Å². The number of ether oxygens (including phenoxy) is 1. The van der Waals surface area contributed by atoms with E-state index in [0.29, 0.717) is 6.61 Å². The average Bonchev–Trinajstić information content (AvgIpc) is 2.50. The number of benzene rings is 1. The summed E-state index contributed by atoms with van der Waals surface area (Å²) < 4.78 is 5.24. The van der Waals surface area contributed by atoms with Crippen LogP contribution in [0.5, 0.6) is 0 Å². The number of hydrogen-bond acceptors (Lipinski definition) is 2. The van der Waals surface area contributed by atoms with Gasteiger partial charge in [-0.15, -0.1) is 30.6 Å². The van der Waals surface area contributed by atoms with Gasteiger partial charge >= 0.3 is 0 Å². The Labute approximate surface area is 151 Å². The lowest BCUT2D eigenvalue weighted by atomic mass is 10.1. The number of hydrogen-bond donors (Lipinski definition) is 1. The van der Waals surface area contributed by atoms with E-state index in [1.165, 1.54) is 11.1 Å². The number of nitrogens with zero attached hydrogens (tertiary/aromatic N) is 2. The minimum Gasteiger partial charge on any atom is -0.380 e. The Hall–Kier alpha value is -1.08. The van der Waals surface area contributed by atoms with Crippen molar-refractivity contribution in [3.63, 3.8) is 0 Å². The van der Waals surface area contributed by atoms with Gasteiger partial charge < -0.3 is 15.0 Å². The van der Waals surface area contributed by atoms with E-state index in [1.54, 1.807) is 7.11 Å². The van der Waals surface area contributed by atoms with Crippen molar-refractivity contribution in [1.82, 2.24) is 10.2 Å². The van der Waals surface area contributed by atoms with Crippen LogP contribution in [0.1, 0.15) is 24.0 Å². The van der Waals surface area contributed by atoms with Crippen LogP contribution in [0.25, 0.3) is 0 Å². The molecule has 0 saturated carbocycles. The van der Waals surface area contributed by atoms with Crippen molar-refractivity contribution >= 4 is 29.9 Å². The summed E-state index contributed by atoms with van der Waals surface area (Å²) >= 11 is 0. The molecule has 0 fully saturated rings. The molecule has 22 heavy (non-hydrogen) atoms. The highest BCUT2D eigenvalue weighted by Crippen LogP contribution is 2.09. The van der Waals surface area contributed by atoms with Crippen molar-refractivity contribution in [2.75, 3.05) is 27.7 Å². The van der Waals surface area contributed by atoms with E-state index in [-0.39, 0.29) is 24.0 Å². The molecule has 0 radical (unpaired) electrons. The lowest BCUT2D eigenvalue weighted by Crippen LogP contribution is -2.39. The molecular formula is C17H28IN3O. The Morgan fingerprint density at radius 3 is 2.64 bits per heavy atom. The Morgan fingerprint density at radius 2 is 2.05 bits per heavy atom. The third-order valence-electron chi connectivity index (χ3n) is 3.33. The third-order valence-corrected chi connectivity index (χ3v) is 3.33. The quantitative estimate of drug-likeness (QED) is 0.232. The van der Waals surface area contributed by atoms with Crippen LogP contribution < -0.4 is 5.32 Å². The number of unbranched alkanes of at least 4 members (excludes halogenated alkanes) is 1. The second-order valence-corrected chi connectivity index (χ2v) is 4.95. The van der Waals surface area contributed by atoms with Gasteiger partial charge in [0.15, 0.2) is 5.96 Å². The maximum atomic E-state index is 5.24. The maximum absolute atomic E-state index is 5.24. The monoisotopic (exact) mass is 417 g/mol. The predicted molar refractivity (Wildman–Crippen MR) is 105 cm³/mol. The minimum absolute atomic E-state index is 0. The topological polar surface area (TPSA) is 36.9 Å². The smallest absolute Gasteiger partial charge is 0.193 e. The zero-order valence-electron chi connectivity index (χ0n) is 13.8. The van der Waals surface area contributed by atoms with Crippen LogP contribution >= 0.6 is 24.0 Å². The summed E-state index contributed by atoms with van der Waals surface area (Å²) in [5, 5.41) is 3.41. The average molecular weight is 417 g/mol. The fourth-order valence-electron chi connectivity index (χ4n) is 2.16. The van der Waals surface area contributed by atoms with E-state index in [1.807, 2.05) is 25.3 Å². The van der Waals surface area contributed by atoms with E-state index >= 15 is 0 Å². The van der Waals surface area contributed by atoms with Crippen molar-refractivity contribution in [2.45, 2.75) is 26.0 Å². The number of rotatable bonds is 8. The van der Waals surface area contributed by atoms with Gasteiger partial charge in [-0.3, -0.25) is 4.99 Å². The molecule has 0 unspecified atom stereocenters. The first-order chi connectivity index (χ1) is 10.2. The van der Waals surface area contributed by atoms with Gasteiger partial charge in [-0.25, -0.2) is 0 Å². The highest BCUT2D eigenvalue weighted by Gasteiger charge is 2.06. The summed E-state index contributed by atoms with van der Waals surface area (Å²) in [6.45, 7) is 6.09. The first-order valence-corrected chi connectivity index (χ1v) is 7.31. The molecule has 1 N–H and O–H groups in total. The van der Waals surface area contributed by atoms with Gasteiger partial charge in [0.1, 0.15) is 0 Å². The minimum atomic E-state index is 0. The number of halogens is 1. The summed E-state index contributed by atoms with van der Waals surface area (Å²) in [6, 6.07) is 8.30. The fourth-order valence-corrected chi connectivity index (χ4v) is 2.16. The second-order valence-electron chi connectivity index (χ2n) is 4.95. The summed E-state index contributed by atoms with van der Waals surface area (Å²) in [6.07, 6.45) is 4.06. The van der Waals surface area contributed by atoms with Crippen LogP contribution in [-0.4, -0.2) is 38.6 Å². The van der Waals surface area contributed by atoms with Gasteiger partial charge in [-0.1, -0.05) is 30.3 Å². The van der Waals surface area contributed by atoms with Crippen molar-refractivity contribution < 1.29 is 4.74 Å². The van der Waals surface area contributed by atoms with Crippen LogP contribution in [-0.2, 0) is 17.9 Å². The van der Waals surface area contributed by atoms with Crippen molar-refractivity contribution in [2.24, 2.45) is 4.99 Å². The van der Waals surface area contributed by atoms with E-state index in [9.17, 15) is 0 Å². The van der Waals surface area contributed by atoms with Crippen molar-refractivity contribution in [1.29, 1.82) is 0 Å². The molecule has 0 amide bonds. The number of guanidine groups is 1. The molecule has 4 nitrogen and oxygen atoms in total. The Balaban J connectivity index is 0.00000441. The predicted octanol–water partition coefficient (Wildman–Crippen LogP) is 3.42. The molecule has 0 aromatic heterocycles. The molecule has 0 aliphatic rings. The van der Waals surface area contributed by atoms with Gasteiger partial charge in [0.25, 0.3) is 0 Å². The number of allylic oxidation sites excluding steroid dienone is 1. The van der Waals surface area contributed by atoms with Gasteiger partial charge in [0.2, 0.25) is 0 Å². The second kappa shape index (κ2) is 12.5. The van der Waals surface area contributed by atoms with Gasteiger partial charge in [0, 0.05) is 34.3 Å². The largest absolute Gasteiger partial charge is 0.380 e. The standard InChI is InChI=1S/C17H27N3O.HI/c1-5-6-9-12-20(3)17(18-2)19-13-15-10-7-8-11-16(15)14-21-4;/h5,7-8,10-11H,1,6,9,12-14H2,2-4H3,(H,18,19);1H. The van der Waals surface area contributed by atoms with Crippen LogP contribution in [0.4, 0.5) is 0 Å². The third kappa shape index (κ3) is 7.26. The Kier molecular flexibility index (Phi) is 11.9. The van der Waals surface area contributed by atoms with Crippen LogP contribution in [0, 0.1) is 0 Å². The van der Waals surface area contributed by atoms with E-state index < -0.39 is 0 Å².